The maximum atomic E-state index is 15.0. The first-order valence-corrected chi connectivity index (χ1v) is 12.3. The first kappa shape index (κ1) is 26.7. The number of alkyl halides is 3. The molecule has 1 aliphatic heterocycles. The first-order chi connectivity index (χ1) is 16.9. The van der Waals surface area contributed by atoms with Gasteiger partial charge in [0.25, 0.3) is 0 Å². The Morgan fingerprint density at radius 3 is 2.42 bits per heavy atom. The monoisotopic (exact) mass is 545 g/mol. The number of halogens is 6. The number of benzene rings is 2. The van der Waals surface area contributed by atoms with E-state index in [0.717, 1.165) is 25.1 Å². The SMILES string of the molecule is NC(=O)[C@H](Cc1ccc(Cl)cc1Cl)N(C(=O)C1(c2ccc(C(F)(F)F)cc2F)CC1)[C@@H]1CCCNC1. The molecule has 194 valence electrons. The van der Waals surface area contributed by atoms with Crippen molar-refractivity contribution >= 4 is 35.0 Å². The molecule has 0 spiro atoms. The Kier molecular flexibility index (Phi) is 7.55. The van der Waals surface area contributed by atoms with E-state index in [4.69, 9.17) is 28.9 Å². The van der Waals surface area contributed by atoms with Gasteiger partial charge >= 0.3 is 6.18 Å². The number of hydrogen-bond acceptors (Lipinski definition) is 3. The van der Waals surface area contributed by atoms with E-state index < -0.39 is 46.9 Å². The first-order valence-electron chi connectivity index (χ1n) is 11.6. The Morgan fingerprint density at radius 1 is 1.17 bits per heavy atom. The van der Waals surface area contributed by atoms with Gasteiger partial charge in [-0.1, -0.05) is 35.3 Å². The van der Waals surface area contributed by atoms with Gasteiger partial charge in [-0.05, 0) is 62.1 Å². The van der Waals surface area contributed by atoms with E-state index in [9.17, 15) is 27.2 Å². The average Bonchev–Trinajstić information content (AvgIpc) is 3.61. The standard InChI is InChI=1S/C25H25Cl2F4N3O2/c26-16-5-3-14(19(27)12-16)10-21(22(32)35)34(17-2-1-9-33-13-17)23(36)24(7-8-24)18-6-4-15(11-20(18)28)25(29,30)31/h3-6,11-12,17,21,33H,1-2,7-10,13H2,(H2,32,35)/t17-,21+/m1/s1. The number of nitrogens with one attached hydrogen (secondary N) is 1. The molecule has 2 fully saturated rings. The summed E-state index contributed by atoms with van der Waals surface area (Å²) in [6, 6.07) is 5.47. The zero-order valence-electron chi connectivity index (χ0n) is 19.2. The van der Waals surface area contributed by atoms with Crippen molar-refractivity contribution in [3.8, 4) is 0 Å². The summed E-state index contributed by atoms with van der Waals surface area (Å²) in [6.07, 6.45) is -2.88. The van der Waals surface area contributed by atoms with E-state index in [1.807, 2.05) is 0 Å². The molecule has 4 rings (SSSR count). The molecule has 36 heavy (non-hydrogen) atoms. The van der Waals surface area contributed by atoms with Crippen LogP contribution >= 0.6 is 23.2 Å². The van der Waals surface area contributed by atoms with Gasteiger partial charge in [-0.25, -0.2) is 4.39 Å². The van der Waals surface area contributed by atoms with Gasteiger partial charge in [-0.15, -0.1) is 0 Å². The third-order valence-corrected chi connectivity index (χ3v) is 7.55. The fourth-order valence-corrected chi connectivity index (χ4v) is 5.40. The number of amides is 2. The lowest BCUT2D eigenvalue weighted by Crippen LogP contribution is -2.60. The van der Waals surface area contributed by atoms with Gasteiger partial charge < -0.3 is 16.0 Å². The lowest BCUT2D eigenvalue weighted by molar-refractivity contribution is -0.145. The lowest BCUT2D eigenvalue weighted by Gasteiger charge is -2.41. The summed E-state index contributed by atoms with van der Waals surface area (Å²) in [5.41, 5.74) is 3.74. The number of hydrogen-bond donors (Lipinski definition) is 2. The van der Waals surface area contributed by atoms with E-state index >= 15 is 0 Å². The molecule has 3 N–H and O–H groups in total. The number of nitrogens with two attached hydrogens (primary N) is 1. The van der Waals surface area contributed by atoms with Crippen molar-refractivity contribution in [3.63, 3.8) is 0 Å². The minimum absolute atomic E-state index is 0.0130. The van der Waals surface area contributed by atoms with Crippen molar-refractivity contribution in [3.05, 3.63) is 69.0 Å². The maximum Gasteiger partial charge on any atom is 0.416 e. The lowest BCUT2D eigenvalue weighted by atomic mass is 9.89. The normalized spacial score (nSPS) is 20.0. The summed E-state index contributed by atoms with van der Waals surface area (Å²) < 4.78 is 54.2. The zero-order valence-corrected chi connectivity index (χ0v) is 20.7. The second-order valence-corrected chi connectivity index (χ2v) is 10.2. The molecular formula is C25H25Cl2F4N3O2. The molecule has 5 nitrogen and oxygen atoms in total. The maximum absolute atomic E-state index is 15.0. The van der Waals surface area contributed by atoms with Gasteiger partial charge in [0.05, 0.1) is 11.0 Å². The molecule has 0 radical (unpaired) electrons. The zero-order chi connectivity index (χ0) is 26.3. The Hall–Kier alpha value is -2.36. The Bertz CT molecular complexity index is 1160. The predicted octanol–water partition coefficient (Wildman–Crippen LogP) is 4.86. The molecule has 0 aromatic heterocycles. The third-order valence-electron chi connectivity index (χ3n) is 6.96. The summed E-state index contributed by atoms with van der Waals surface area (Å²) in [6.45, 7) is 1.14. The van der Waals surface area contributed by atoms with Gasteiger partial charge in [0.15, 0.2) is 0 Å². The highest BCUT2D eigenvalue weighted by molar-refractivity contribution is 6.35. The molecule has 2 aliphatic rings. The van der Waals surface area contributed by atoms with Crippen LogP contribution in [-0.2, 0) is 27.6 Å². The minimum atomic E-state index is -4.71. The molecule has 11 heteroatoms. The molecule has 1 aliphatic carbocycles. The van der Waals surface area contributed by atoms with Gasteiger partial charge in [0.1, 0.15) is 11.9 Å². The van der Waals surface area contributed by atoms with Crippen molar-refractivity contribution in [1.29, 1.82) is 0 Å². The fourth-order valence-electron chi connectivity index (χ4n) is 4.91. The van der Waals surface area contributed by atoms with Gasteiger partial charge in [-0.3, -0.25) is 9.59 Å². The van der Waals surface area contributed by atoms with Crippen molar-refractivity contribution in [2.24, 2.45) is 5.73 Å². The smallest absolute Gasteiger partial charge is 0.368 e. The summed E-state index contributed by atoms with van der Waals surface area (Å²) in [5.74, 6) is -2.39. The topological polar surface area (TPSA) is 75.4 Å². The van der Waals surface area contributed by atoms with E-state index in [1.54, 1.807) is 12.1 Å². The van der Waals surface area contributed by atoms with Crippen LogP contribution in [0.4, 0.5) is 17.6 Å². The number of primary amides is 1. The van der Waals surface area contributed by atoms with Crippen LogP contribution in [0.2, 0.25) is 10.0 Å². The van der Waals surface area contributed by atoms with Gasteiger partial charge in [0, 0.05) is 34.6 Å². The second-order valence-electron chi connectivity index (χ2n) is 9.35. The van der Waals surface area contributed by atoms with E-state index in [1.165, 1.54) is 11.0 Å². The van der Waals surface area contributed by atoms with Crippen LogP contribution in [0, 0.1) is 5.82 Å². The van der Waals surface area contributed by atoms with E-state index in [0.29, 0.717) is 34.6 Å². The second kappa shape index (κ2) is 10.2. The van der Waals surface area contributed by atoms with Crippen molar-refractivity contribution in [2.45, 2.75) is 55.8 Å². The minimum Gasteiger partial charge on any atom is -0.368 e. The van der Waals surface area contributed by atoms with E-state index in [2.05, 4.69) is 5.32 Å². The molecule has 2 aromatic rings. The third kappa shape index (κ3) is 5.33. The molecule has 2 atom stereocenters. The number of carbonyl (C=O) groups is 2. The molecular weight excluding hydrogens is 521 g/mol. The highest BCUT2D eigenvalue weighted by Gasteiger charge is 2.57. The van der Waals surface area contributed by atoms with Crippen molar-refractivity contribution in [2.75, 3.05) is 13.1 Å². The Balaban J connectivity index is 1.73. The van der Waals surface area contributed by atoms with Crippen LogP contribution in [-0.4, -0.2) is 41.9 Å². The average molecular weight is 546 g/mol. The number of rotatable bonds is 7. The molecule has 0 unspecified atom stereocenters. The van der Waals surface area contributed by atoms with Gasteiger partial charge in [-0.2, -0.15) is 13.2 Å². The van der Waals surface area contributed by atoms with Crippen LogP contribution in [0.5, 0.6) is 0 Å². The van der Waals surface area contributed by atoms with Crippen LogP contribution in [0.15, 0.2) is 36.4 Å². The van der Waals surface area contributed by atoms with Crippen molar-refractivity contribution in [1.82, 2.24) is 10.2 Å². The van der Waals surface area contributed by atoms with Crippen LogP contribution in [0.3, 0.4) is 0 Å². The van der Waals surface area contributed by atoms with Gasteiger partial charge in [0.2, 0.25) is 11.8 Å². The molecule has 2 amide bonds. The molecule has 1 heterocycles. The summed E-state index contributed by atoms with van der Waals surface area (Å²) >= 11 is 12.3. The highest BCUT2D eigenvalue weighted by Crippen LogP contribution is 2.52. The summed E-state index contributed by atoms with van der Waals surface area (Å²) in [7, 11) is 0. The predicted molar refractivity (Wildman–Crippen MR) is 128 cm³/mol. The Morgan fingerprint density at radius 2 is 1.89 bits per heavy atom. The molecule has 1 saturated heterocycles. The Labute approximate surface area is 215 Å². The quantitative estimate of drug-likeness (QED) is 0.488. The van der Waals surface area contributed by atoms with Crippen LogP contribution in [0.25, 0.3) is 0 Å². The van der Waals surface area contributed by atoms with Crippen LogP contribution < -0.4 is 11.1 Å². The summed E-state index contributed by atoms with van der Waals surface area (Å²) in [4.78, 5) is 28.2. The van der Waals surface area contributed by atoms with Crippen molar-refractivity contribution < 1.29 is 27.2 Å². The molecule has 1 saturated carbocycles. The largest absolute Gasteiger partial charge is 0.416 e. The molecule has 0 bridgehead atoms. The van der Waals surface area contributed by atoms with Crippen LogP contribution in [0.1, 0.15) is 42.4 Å². The van der Waals surface area contributed by atoms with E-state index in [-0.39, 0.29) is 24.8 Å². The highest BCUT2D eigenvalue weighted by atomic mass is 35.5. The number of nitrogens with zero attached hydrogens (tertiary/aromatic N) is 1. The fraction of sp³-hybridized carbons (Fsp3) is 0.440. The summed E-state index contributed by atoms with van der Waals surface area (Å²) in [5, 5.41) is 3.91. The number of piperidine rings is 1. The molecule has 2 aromatic carbocycles. The number of carbonyl (C=O) groups excluding carboxylic acids is 2.